The van der Waals surface area contributed by atoms with Crippen molar-refractivity contribution in [2.24, 2.45) is 7.05 Å². The molecule has 118 valence electrons. The van der Waals surface area contributed by atoms with E-state index in [9.17, 15) is 9.90 Å². The number of hydrogen-bond acceptors (Lipinski definition) is 4. The molecule has 0 saturated carbocycles. The summed E-state index contributed by atoms with van der Waals surface area (Å²) in [6, 6.07) is 16.8. The smallest absolute Gasteiger partial charge is 0.261 e. The lowest BCUT2D eigenvalue weighted by Gasteiger charge is -2.17. The van der Waals surface area contributed by atoms with E-state index in [2.05, 4.69) is 10.3 Å². The second-order valence-electron chi connectivity index (χ2n) is 5.44. The van der Waals surface area contributed by atoms with Crippen LogP contribution in [0.3, 0.4) is 0 Å². The van der Waals surface area contributed by atoms with Gasteiger partial charge in [0.2, 0.25) is 0 Å². The van der Waals surface area contributed by atoms with Crippen molar-refractivity contribution in [1.82, 2.24) is 14.9 Å². The van der Waals surface area contributed by atoms with E-state index < -0.39 is 0 Å². The molecule has 0 unspecified atom stereocenters. The summed E-state index contributed by atoms with van der Waals surface area (Å²) in [4.78, 5) is 16.9. The summed E-state index contributed by atoms with van der Waals surface area (Å²) in [5, 5.41) is 13.5. The monoisotopic (exact) mass is 309 g/mol. The molecule has 0 fully saturated rings. The van der Waals surface area contributed by atoms with E-state index in [-0.39, 0.29) is 18.2 Å². The molecule has 23 heavy (non-hydrogen) atoms. The van der Waals surface area contributed by atoms with Crippen LogP contribution in [0.2, 0.25) is 0 Å². The van der Waals surface area contributed by atoms with Gasteiger partial charge in [-0.2, -0.15) is 0 Å². The zero-order chi connectivity index (χ0) is 16.2. The molecule has 0 bridgehead atoms. The molecule has 2 N–H and O–H groups in total. The van der Waals surface area contributed by atoms with Crippen LogP contribution in [0.1, 0.15) is 17.4 Å². The minimum Gasteiger partial charge on any atom is -0.394 e. The van der Waals surface area contributed by atoms with Crippen LogP contribution in [0.5, 0.6) is 0 Å². The zero-order valence-electron chi connectivity index (χ0n) is 12.9. The van der Waals surface area contributed by atoms with E-state index in [0.717, 1.165) is 5.56 Å². The topological polar surface area (TPSA) is 67.2 Å². The van der Waals surface area contributed by atoms with Gasteiger partial charge in [-0.1, -0.05) is 42.5 Å². The minimum atomic E-state index is -0.195. The molecule has 0 saturated heterocycles. The largest absolute Gasteiger partial charge is 0.394 e. The summed E-state index contributed by atoms with van der Waals surface area (Å²) in [5.74, 6) is 0.642. The Kier molecular flexibility index (Phi) is 4.50. The van der Waals surface area contributed by atoms with Gasteiger partial charge >= 0.3 is 0 Å². The van der Waals surface area contributed by atoms with Crippen LogP contribution in [0.25, 0.3) is 10.9 Å². The molecule has 1 aromatic heterocycles. The number of fused-ring (bicyclic) bond motifs is 1. The van der Waals surface area contributed by atoms with Crippen molar-refractivity contribution < 1.29 is 5.11 Å². The molecule has 2 aromatic carbocycles. The first-order valence-electron chi connectivity index (χ1n) is 7.54. The SMILES string of the molecule is Cn1c(CN[C@H](CO)c2ccccc2)nc2ccccc2c1=O. The van der Waals surface area contributed by atoms with E-state index in [1.54, 1.807) is 17.7 Å². The first-order chi connectivity index (χ1) is 11.2. The minimum absolute atomic E-state index is 0.0223. The Morgan fingerprint density at radius 3 is 2.57 bits per heavy atom. The lowest BCUT2D eigenvalue weighted by atomic mass is 10.1. The molecule has 5 nitrogen and oxygen atoms in total. The number of hydrogen-bond donors (Lipinski definition) is 2. The van der Waals surface area contributed by atoms with Crippen LogP contribution < -0.4 is 10.9 Å². The van der Waals surface area contributed by atoms with Crippen LogP contribution in [0.15, 0.2) is 59.4 Å². The van der Waals surface area contributed by atoms with Crippen molar-refractivity contribution in [2.75, 3.05) is 6.61 Å². The van der Waals surface area contributed by atoms with Gasteiger partial charge < -0.3 is 10.4 Å². The third-order valence-corrected chi connectivity index (χ3v) is 3.97. The maximum absolute atomic E-state index is 12.4. The Morgan fingerprint density at radius 1 is 1.13 bits per heavy atom. The van der Waals surface area contributed by atoms with Crippen molar-refractivity contribution in [1.29, 1.82) is 0 Å². The second kappa shape index (κ2) is 6.73. The lowest BCUT2D eigenvalue weighted by molar-refractivity contribution is 0.242. The highest BCUT2D eigenvalue weighted by atomic mass is 16.3. The predicted octanol–water partition coefficient (Wildman–Crippen LogP) is 1.76. The third-order valence-electron chi connectivity index (χ3n) is 3.97. The van der Waals surface area contributed by atoms with Gasteiger partial charge in [-0.05, 0) is 17.7 Å². The highest BCUT2D eigenvalue weighted by Gasteiger charge is 2.12. The van der Waals surface area contributed by atoms with Crippen molar-refractivity contribution in [3.05, 3.63) is 76.3 Å². The van der Waals surface area contributed by atoms with Crippen molar-refractivity contribution in [2.45, 2.75) is 12.6 Å². The normalized spacial score (nSPS) is 12.4. The predicted molar refractivity (Wildman–Crippen MR) is 90.1 cm³/mol. The summed E-state index contributed by atoms with van der Waals surface area (Å²) in [7, 11) is 1.72. The van der Waals surface area contributed by atoms with Crippen LogP contribution >= 0.6 is 0 Å². The number of benzene rings is 2. The second-order valence-corrected chi connectivity index (χ2v) is 5.44. The maximum Gasteiger partial charge on any atom is 0.261 e. The molecule has 0 aliphatic carbocycles. The van der Waals surface area contributed by atoms with E-state index in [1.165, 1.54) is 0 Å². The molecular weight excluding hydrogens is 290 g/mol. The molecule has 0 amide bonds. The van der Waals surface area contributed by atoms with Gasteiger partial charge in [0.15, 0.2) is 0 Å². The average Bonchev–Trinajstić information content (AvgIpc) is 2.60. The number of aliphatic hydroxyl groups excluding tert-OH is 1. The Labute approximate surface area is 134 Å². The van der Waals surface area contributed by atoms with Gasteiger partial charge in [-0.3, -0.25) is 9.36 Å². The molecule has 0 aliphatic heterocycles. The maximum atomic E-state index is 12.4. The number of rotatable bonds is 5. The van der Waals surface area contributed by atoms with Crippen molar-refractivity contribution in [3.8, 4) is 0 Å². The standard InChI is InChI=1S/C18H19N3O2/c1-21-17(20-15-10-6-5-9-14(15)18(21)23)11-19-16(12-22)13-7-3-2-4-8-13/h2-10,16,19,22H,11-12H2,1H3/t16-/m1/s1. The fourth-order valence-electron chi connectivity index (χ4n) is 2.61. The quantitative estimate of drug-likeness (QED) is 0.753. The summed E-state index contributed by atoms with van der Waals surface area (Å²) >= 11 is 0. The van der Waals surface area contributed by atoms with Crippen LogP contribution in [-0.2, 0) is 13.6 Å². The van der Waals surface area contributed by atoms with Gasteiger partial charge in [0.1, 0.15) is 5.82 Å². The lowest BCUT2D eigenvalue weighted by Crippen LogP contribution is -2.29. The zero-order valence-corrected chi connectivity index (χ0v) is 12.9. The van der Waals surface area contributed by atoms with Crippen LogP contribution in [0, 0.1) is 0 Å². The summed E-state index contributed by atoms with van der Waals surface area (Å²) in [6.45, 7) is 0.377. The summed E-state index contributed by atoms with van der Waals surface area (Å²) in [6.07, 6.45) is 0. The Balaban J connectivity index is 1.87. The van der Waals surface area contributed by atoms with Crippen molar-refractivity contribution in [3.63, 3.8) is 0 Å². The van der Waals surface area contributed by atoms with Gasteiger partial charge in [-0.15, -0.1) is 0 Å². The van der Waals surface area contributed by atoms with E-state index in [1.807, 2.05) is 48.5 Å². The Morgan fingerprint density at radius 2 is 1.83 bits per heavy atom. The van der Waals surface area contributed by atoms with Crippen molar-refractivity contribution >= 4 is 10.9 Å². The van der Waals surface area contributed by atoms with Gasteiger partial charge in [0.25, 0.3) is 5.56 Å². The number of nitrogens with zero attached hydrogens (tertiary/aromatic N) is 2. The van der Waals surface area contributed by atoms with Crippen LogP contribution in [0.4, 0.5) is 0 Å². The molecule has 1 heterocycles. The number of aromatic nitrogens is 2. The summed E-state index contributed by atoms with van der Waals surface area (Å²) < 4.78 is 1.55. The van der Waals surface area contributed by atoms with Crippen LogP contribution in [-0.4, -0.2) is 21.3 Å². The molecule has 1 atom stereocenters. The summed E-state index contributed by atoms with van der Waals surface area (Å²) in [5.41, 5.74) is 1.63. The third kappa shape index (κ3) is 3.16. The Bertz CT molecular complexity index is 859. The number of aliphatic hydroxyl groups is 1. The van der Waals surface area contributed by atoms with Gasteiger partial charge in [-0.25, -0.2) is 4.98 Å². The first kappa shape index (κ1) is 15.4. The van der Waals surface area contributed by atoms with E-state index in [4.69, 9.17) is 0 Å². The number of nitrogens with one attached hydrogen (secondary N) is 1. The number of para-hydroxylation sites is 1. The fourth-order valence-corrected chi connectivity index (χ4v) is 2.61. The molecule has 3 rings (SSSR count). The van der Waals surface area contributed by atoms with Gasteiger partial charge in [0.05, 0.1) is 30.1 Å². The Hall–Kier alpha value is -2.50. The molecule has 0 aliphatic rings. The molecule has 0 radical (unpaired) electrons. The molecular formula is C18H19N3O2. The molecule has 5 heteroatoms. The van der Waals surface area contributed by atoms with E-state index >= 15 is 0 Å². The average molecular weight is 309 g/mol. The highest BCUT2D eigenvalue weighted by Crippen LogP contribution is 2.13. The highest BCUT2D eigenvalue weighted by molar-refractivity contribution is 5.77. The van der Waals surface area contributed by atoms with Gasteiger partial charge in [0, 0.05) is 7.05 Å². The fraction of sp³-hybridized carbons (Fsp3) is 0.222. The first-order valence-corrected chi connectivity index (χ1v) is 7.54. The molecule has 0 spiro atoms. The molecule has 3 aromatic rings. The van der Waals surface area contributed by atoms with E-state index in [0.29, 0.717) is 23.3 Å².